The Hall–Kier alpha value is -1.50. The molecule has 0 aliphatic heterocycles. The Morgan fingerprint density at radius 3 is 2.24 bits per heavy atom. The molecular formula is C13H10Cl2FNO3S. The van der Waals surface area contributed by atoms with Gasteiger partial charge in [-0.1, -0.05) is 23.2 Å². The number of hydrogen-bond acceptors (Lipinski definition) is 3. The molecule has 0 saturated heterocycles. The normalized spacial score (nSPS) is 11.2. The fourth-order valence-electron chi connectivity index (χ4n) is 1.64. The SMILES string of the molecule is COc1ccc(S(=O)(=O)Nc2cc(Cl)cc(Cl)c2)cc1F. The van der Waals surface area contributed by atoms with Gasteiger partial charge >= 0.3 is 0 Å². The maximum absolute atomic E-state index is 13.6. The zero-order valence-corrected chi connectivity index (χ0v) is 13.1. The molecule has 0 atom stereocenters. The molecule has 0 fully saturated rings. The van der Waals surface area contributed by atoms with Crippen LogP contribution >= 0.6 is 23.2 Å². The van der Waals surface area contributed by atoms with Crippen LogP contribution in [0.4, 0.5) is 10.1 Å². The third-order valence-electron chi connectivity index (χ3n) is 2.55. The molecule has 0 aliphatic carbocycles. The van der Waals surface area contributed by atoms with Crippen LogP contribution in [0.3, 0.4) is 0 Å². The van der Waals surface area contributed by atoms with Crippen LogP contribution in [0.5, 0.6) is 5.75 Å². The van der Waals surface area contributed by atoms with E-state index in [2.05, 4.69) is 4.72 Å². The van der Waals surface area contributed by atoms with Gasteiger partial charge in [0.05, 0.1) is 17.7 Å². The molecule has 0 bridgehead atoms. The Bertz CT molecular complexity index is 761. The predicted molar refractivity (Wildman–Crippen MR) is 80.2 cm³/mol. The van der Waals surface area contributed by atoms with Crippen molar-refractivity contribution in [1.82, 2.24) is 0 Å². The van der Waals surface area contributed by atoms with Gasteiger partial charge in [0.2, 0.25) is 0 Å². The number of methoxy groups -OCH3 is 1. The van der Waals surface area contributed by atoms with E-state index in [0.29, 0.717) is 0 Å². The van der Waals surface area contributed by atoms with E-state index < -0.39 is 15.8 Å². The van der Waals surface area contributed by atoms with Crippen LogP contribution in [0.2, 0.25) is 10.0 Å². The van der Waals surface area contributed by atoms with Crippen molar-refractivity contribution in [3.05, 3.63) is 52.3 Å². The lowest BCUT2D eigenvalue weighted by atomic mass is 10.3. The van der Waals surface area contributed by atoms with E-state index in [1.165, 1.54) is 37.4 Å². The largest absolute Gasteiger partial charge is 0.494 e. The summed E-state index contributed by atoms with van der Waals surface area (Å²) in [7, 11) is -2.67. The molecule has 0 heterocycles. The predicted octanol–water partition coefficient (Wildman–Crippen LogP) is 3.94. The van der Waals surface area contributed by atoms with Gasteiger partial charge < -0.3 is 4.74 Å². The smallest absolute Gasteiger partial charge is 0.262 e. The Morgan fingerprint density at radius 1 is 1.10 bits per heavy atom. The van der Waals surface area contributed by atoms with Crippen molar-refractivity contribution in [2.75, 3.05) is 11.8 Å². The first-order valence-corrected chi connectivity index (χ1v) is 7.88. The van der Waals surface area contributed by atoms with Crippen molar-refractivity contribution in [1.29, 1.82) is 0 Å². The van der Waals surface area contributed by atoms with Gasteiger partial charge in [-0.25, -0.2) is 12.8 Å². The van der Waals surface area contributed by atoms with Gasteiger partial charge in [0.1, 0.15) is 0 Å². The summed E-state index contributed by atoms with van der Waals surface area (Å²) in [6.07, 6.45) is 0. The van der Waals surface area contributed by atoms with E-state index in [-0.39, 0.29) is 26.4 Å². The Kier molecular flexibility index (Phi) is 4.61. The average Bonchev–Trinajstić information content (AvgIpc) is 2.36. The summed E-state index contributed by atoms with van der Waals surface area (Å²) in [6.45, 7) is 0. The zero-order valence-electron chi connectivity index (χ0n) is 10.7. The molecule has 1 N–H and O–H groups in total. The fourth-order valence-corrected chi connectivity index (χ4v) is 3.22. The number of hydrogen-bond donors (Lipinski definition) is 1. The molecule has 0 aromatic heterocycles. The van der Waals surface area contributed by atoms with Crippen molar-refractivity contribution in [3.63, 3.8) is 0 Å². The van der Waals surface area contributed by atoms with Crippen LogP contribution in [0.1, 0.15) is 0 Å². The molecule has 4 nitrogen and oxygen atoms in total. The molecule has 0 spiro atoms. The number of ether oxygens (including phenoxy) is 1. The summed E-state index contributed by atoms with van der Waals surface area (Å²) in [6, 6.07) is 7.59. The second kappa shape index (κ2) is 6.09. The van der Waals surface area contributed by atoms with Crippen LogP contribution < -0.4 is 9.46 Å². The van der Waals surface area contributed by atoms with E-state index in [9.17, 15) is 12.8 Å². The third kappa shape index (κ3) is 3.78. The first kappa shape index (κ1) is 15.9. The first-order chi connectivity index (χ1) is 9.81. The topological polar surface area (TPSA) is 55.4 Å². The number of halogens is 3. The zero-order chi connectivity index (χ0) is 15.6. The maximum Gasteiger partial charge on any atom is 0.262 e. The lowest BCUT2D eigenvalue weighted by Gasteiger charge is -2.10. The van der Waals surface area contributed by atoms with E-state index in [1.54, 1.807) is 0 Å². The quantitative estimate of drug-likeness (QED) is 0.909. The number of anilines is 1. The van der Waals surface area contributed by atoms with Crippen molar-refractivity contribution in [2.45, 2.75) is 4.90 Å². The molecule has 2 aromatic rings. The maximum atomic E-state index is 13.6. The standard InChI is InChI=1S/C13H10Cl2FNO3S/c1-20-13-3-2-11(7-12(13)16)21(18,19)17-10-5-8(14)4-9(15)6-10/h2-7,17H,1H3. The van der Waals surface area contributed by atoms with Crippen molar-refractivity contribution < 1.29 is 17.5 Å². The van der Waals surface area contributed by atoms with Gasteiger partial charge in [0.15, 0.2) is 11.6 Å². The highest BCUT2D eigenvalue weighted by molar-refractivity contribution is 7.92. The van der Waals surface area contributed by atoms with Gasteiger partial charge in [-0.2, -0.15) is 0 Å². The molecule has 8 heteroatoms. The summed E-state index contributed by atoms with van der Waals surface area (Å²) in [5.41, 5.74) is 0.184. The van der Waals surface area contributed by atoms with Crippen LogP contribution in [0, 0.1) is 5.82 Å². The van der Waals surface area contributed by atoms with Crippen LogP contribution in [0.25, 0.3) is 0 Å². The molecule has 0 radical (unpaired) electrons. The molecule has 0 saturated carbocycles. The van der Waals surface area contributed by atoms with Gasteiger partial charge in [-0.05, 0) is 36.4 Å². The van der Waals surface area contributed by atoms with E-state index in [1.807, 2.05) is 0 Å². The van der Waals surface area contributed by atoms with Crippen molar-refractivity contribution in [2.24, 2.45) is 0 Å². The van der Waals surface area contributed by atoms with Crippen LogP contribution in [-0.4, -0.2) is 15.5 Å². The summed E-state index contributed by atoms with van der Waals surface area (Å²) in [5, 5.41) is 0.558. The molecule has 0 aliphatic rings. The number of rotatable bonds is 4. The summed E-state index contributed by atoms with van der Waals surface area (Å²) in [5.74, 6) is -0.816. The Labute approximate surface area is 131 Å². The first-order valence-electron chi connectivity index (χ1n) is 5.64. The van der Waals surface area contributed by atoms with Crippen LogP contribution in [-0.2, 0) is 10.0 Å². The van der Waals surface area contributed by atoms with Gasteiger partial charge in [-0.15, -0.1) is 0 Å². The lowest BCUT2D eigenvalue weighted by Crippen LogP contribution is -2.13. The molecule has 2 aromatic carbocycles. The van der Waals surface area contributed by atoms with Crippen molar-refractivity contribution >= 4 is 38.9 Å². The highest BCUT2D eigenvalue weighted by Gasteiger charge is 2.17. The summed E-state index contributed by atoms with van der Waals surface area (Å²) >= 11 is 11.6. The lowest BCUT2D eigenvalue weighted by molar-refractivity contribution is 0.385. The molecular weight excluding hydrogens is 340 g/mol. The van der Waals surface area contributed by atoms with Crippen LogP contribution in [0.15, 0.2) is 41.3 Å². The minimum absolute atomic E-state index is 0.0419. The second-order valence-corrected chi connectivity index (χ2v) is 6.62. The fraction of sp³-hybridized carbons (Fsp3) is 0.0769. The average molecular weight is 350 g/mol. The van der Waals surface area contributed by atoms with E-state index >= 15 is 0 Å². The Balaban J connectivity index is 2.36. The highest BCUT2D eigenvalue weighted by Crippen LogP contribution is 2.26. The molecule has 112 valence electrons. The third-order valence-corrected chi connectivity index (χ3v) is 4.36. The highest BCUT2D eigenvalue weighted by atomic mass is 35.5. The monoisotopic (exact) mass is 349 g/mol. The summed E-state index contributed by atoms with van der Waals surface area (Å²) in [4.78, 5) is -0.239. The number of nitrogens with one attached hydrogen (secondary N) is 1. The second-order valence-electron chi connectivity index (χ2n) is 4.06. The molecule has 21 heavy (non-hydrogen) atoms. The van der Waals surface area contributed by atoms with Gasteiger partial charge in [-0.3, -0.25) is 4.72 Å². The minimum Gasteiger partial charge on any atom is -0.494 e. The number of sulfonamides is 1. The van der Waals surface area contributed by atoms with Gasteiger partial charge in [0, 0.05) is 10.0 Å². The van der Waals surface area contributed by atoms with E-state index in [0.717, 1.165) is 6.07 Å². The molecule has 2 rings (SSSR count). The number of benzene rings is 2. The minimum atomic E-state index is -3.96. The summed E-state index contributed by atoms with van der Waals surface area (Å²) < 4.78 is 44.9. The van der Waals surface area contributed by atoms with Crippen molar-refractivity contribution in [3.8, 4) is 5.75 Å². The Morgan fingerprint density at radius 2 is 1.71 bits per heavy atom. The van der Waals surface area contributed by atoms with E-state index in [4.69, 9.17) is 27.9 Å². The van der Waals surface area contributed by atoms with Gasteiger partial charge in [0.25, 0.3) is 10.0 Å². The molecule has 0 unspecified atom stereocenters. The molecule has 0 amide bonds.